The molecule has 1 aliphatic rings. The Morgan fingerprint density at radius 3 is 2.91 bits per heavy atom. The third-order valence-electron chi connectivity index (χ3n) is 6.00. The van der Waals surface area contributed by atoms with Crippen LogP contribution in [0.4, 0.5) is 5.95 Å². The van der Waals surface area contributed by atoms with Crippen LogP contribution in [-0.2, 0) is 4.79 Å². The SMILES string of the molecule is C#CC(=O)N1C[C@@H](N(I)c2ncc3cc(-c4c(C)c(OC)cc(O)c4Cl)ccc3n2)C[C@@H]1CBr. The molecule has 0 radical (unpaired) electrons. The zero-order valence-corrected chi connectivity index (χ0v) is 22.9. The molecule has 7 nitrogen and oxygen atoms in total. The van der Waals surface area contributed by atoms with Crippen molar-refractivity contribution in [3.63, 3.8) is 0 Å². The number of likely N-dealkylation sites (tertiary alicyclic amines) is 1. The zero-order chi connectivity index (χ0) is 24.6. The number of carbonyl (C=O) groups is 1. The van der Waals surface area contributed by atoms with E-state index in [1.54, 1.807) is 18.2 Å². The van der Waals surface area contributed by atoms with Gasteiger partial charge in [0.1, 0.15) is 11.5 Å². The van der Waals surface area contributed by atoms with Crippen LogP contribution >= 0.6 is 50.4 Å². The standard InChI is InChI=1S/C24H21BrClIN4O3/c1-4-21(33)30-12-17(8-16(30)10-25)31(27)24-28-11-15-7-14(5-6-18(15)29-24)22-13(2)20(34-3)9-19(32)23(22)26/h1,5-7,9,11,16-17,32H,8,10,12H2,2-3H3/t16-,17+/m1/s1. The van der Waals surface area contributed by atoms with Crippen molar-refractivity contribution in [3.8, 4) is 35.0 Å². The number of phenols is 1. The third-order valence-corrected chi connectivity index (χ3v) is 8.35. The molecule has 10 heteroatoms. The molecular formula is C24H21BrClIN4O3. The van der Waals surface area contributed by atoms with Gasteiger partial charge < -0.3 is 14.7 Å². The maximum Gasteiger partial charge on any atom is 0.298 e. The number of phenolic OH excluding ortho intramolecular Hbond substituents is 1. The number of alkyl halides is 1. The van der Waals surface area contributed by atoms with Crippen LogP contribution in [0.15, 0.2) is 30.5 Å². The van der Waals surface area contributed by atoms with Crippen LogP contribution in [0.1, 0.15) is 12.0 Å². The number of hydrogen-bond acceptors (Lipinski definition) is 6. The third kappa shape index (κ3) is 4.51. The summed E-state index contributed by atoms with van der Waals surface area (Å²) in [5.41, 5.74) is 3.12. The number of hydrogen-bond donors (Lipinski definition) is 1. The topological polar surface area (TPSA) is 78.8 Å². The molecule has 0 bridgehead atoms. The van der Waals surface area contributed by atoms with E-state index in [0.29, 0.717) is 29.1 Å². The number of nitrogens with zero attached hydrogens (tertiary/aromatic N) is 4. The molecule has 0 saturated carbocycles. The van der Waals surface area contributed by atoms with Crippen molar-refractivity contribution < 1.29 is 14.6 Å². The molecule has 3 aromatic rings. The first kappa shape index (κ1) is 24.8. The molecule has 1 N–H and O–H groups in total. The molecular weight excluding hydrogens is 635 g/mol. The minimum Gasteiger partial charge on any atom is -0.506 e. The molecule has 4 rings (SSSR count). The molecule has 1 aliphatic heterocycles. The van der Waals surface area contributed by atoms with Gasteiger partial charge in [-0.15, -0.1) is 6.42 Å². The molecule has 34 heavy (non-hydrogen) atoms. The number of halogens is 3. The normalized spacial score (nSPS) is 17.6. The monoisotopic (exact) mass is 654 g/mol. The average molecular weight is 656 g/mol. The minimum absolute atomic E-state index is 0.0288. The number of rotatable bonds is 5. The van der Waals surface area contributed by atoms with E-state index in [1.807, 2.05) is 28.2 Å². The fourth-order valence-electron chi connectivity index (χ4n) is 4.25. The lowest BCUT2D eigenvalue weighted by molar-refractivity contribution is -0.125. The first-order valence-corrected chi connectivity index (χ1v) is 12.9. The Kier molecular flexibility index (Phi) is 7.40. The number of methoxy groups -OCH3 is 1. The first-order chi connectivity index (χ1) is 16.3. The van der Waals surface area contributed by atoms with E-state index in [9.17, 15) is 9.90 Å². The summed E-state index contributed by atoms with van der Waals surface area (Å²) in [6, 6.07) is 7.32. The predicted molar refractivity (Wildman–Crippen MR) is 146 cm³/mol. The maximum absolute atomic E-state index is 12.1. The fourth-order valence-corrected chi connectivity index (χ4v) is 5.80. The summed E-state index contributed by atoms with van der Waals surface area (Å²) in [6.07, 6.45) is 7.86. The average Bonchev–Trinajstić information content (AvgIpc) is 3.29. The number of carbonyl (C=O) groups excluding carboxylic acids is 1. The molecule has 0 aliphatic carbocycles. The van der Waals surface area contributed by atoms with Crippen LogP contribution < -0.4 is 7.85 Å². The van der Waals surface area contributed by atoms with Gasteiger partial charge in [0.15, 0.2) is 0 Å². The van der Waals surface area contributed by atoms with Gasteiger partial charge in [0, 0.05) is 46.7 Å². The van der Waals surface area contributed by atoms with Gasteiger partial charge in [-0.05, 0) is 37.0 Å². The first-order valence-electron chi connectivity index (χ1n) is 10.4. The van der Waals surface area contributed by atoms with Crippen LogP contribution in [0, 0.1) is 19.3 Å². The van der Waals surface area contributed by atoms with Crippen LogP contribution in [0.25, 0.3) is 22.0 Å². The van der Waals surface area contributed by atoms with Gasteiger partial charge in [0.05, 0.1) is 46.6 Å². The lowest BCUT2D eigenvalue weighted by atomic mass is 9.98. The highest BCUT2D eigenvalue weighted by Crippen LogP contribution is 2.42. The minimum atomic E-state index is -0.304. The molecule has 2 aromatic carbocycles. The number of anilines is 1. The Balaban J connectivity index is 1.65. The summed E-state index contributed by atoms with van der Waals surface area (Å²) in [4.78, 5) is 23.1. The number of benzene rings is 2. The number of aromatic nitrogens is 2. The van der Waals surface area contributed by atoms with Crippen LogP contribution in [-0.4, -0.2) is 56.9 Å². The molecule has 2 heterocycles. The van der Waals surface area contributed by atoms with Crippen LogP contribution in [0.3, 0.4) is 0 Å². The Bertz CT molecular complexity index is 1320. The van der Waals surface area contributed by atoms with Crippen molar-refractivity contribution in [1.82, 2.24) is 14.9 Å². The van der Waals surface area contributed by atoms with E-state index in [4.69, 9.17) is 27.7 Å². The largest absolute Gasteiger partial charge is 0.506 e. The Hall–Kier alpha value is -2.29. The van der Waals surface area contributed by atoms with Crippen molar-refractivity contribution in [2.45, 2.75) is 25.4 Å². The summed E-state index contributed by atoms with van der Waals surface area (Å²) in [7, 11) is 1.55. The number of ether oxygens (including phenoxy) is 1. The second-order valence-electron chi connectivity index (χ2n) is 7.97. The summed E-state index contributed by atoms with van der Waals surface area (Å²) >= 11 is 12.1. The van der Waals surface area contributed by atoms with Gasteiger partial charge >= 0.3 is 0 Å². The molecule has 1 aromatic heterocycles. The predicted octanol–water partition coefficient (Wildman–Crippen LogP) is 5.13. The summed E-state index contributed by atoms with van der Waals surface area (Å²) in [5, 5.41) is 12.0. The Morgan fingerprint density at radius 1 is 1.47 bits per heavy atom. The fraction of sp³-hybridized carbons (Fsp3) is 0.292. The number of aromatic hydroxyl groups is 1. The van der Waals surface area contributed by atoms with E-state index in [-0.39, 0.29) is 28.8 Å². The van der Waals surface area contributed by atoms with E-state index >= 15 is 0 Å². The van der Waals surface area contributed by atoms with Gasteiger partial charge in [0.25, 0.3) is 5.91 Å². The second kappa shape index (κ2) is 10.1. The summed E-state index contributed by atoms with van der Waals surface area (Å²) < 4.78 is 7.34. The maximum atomic E-state index is 12.1. The van der Waals surface area contributed by atoms with Crippen molar-refractivity contribution in [2.24, 2.45) is 0 Å². The highest BCUT2D eigenvalue weighted by Gasteiger charge is 2.37. The van der Waals surface area contributed by atoms with Crippen molar-refractivity contribution in [3.05, 3.63) is 41.0 Å². The Morgan fingerprint density at radius 2 is 2.24 bits per heavy atom. The van der Waals surface area contributed by atoms with Gasteiger partial charge in [0.2, 0.25) is 5.95 Å². The Labute approximate surface area is 225 Å². The number of amides is 1. The molecule has 1 amide bonds. The number of terminal acetylenes is 1. The van der Waals surface area contributed by atoms with Gasteiger partial charge in [-0.25, -0.2) is 9.97 Å². The molecule has 0 spiro atoms. The lowest BCUT2D eigenvalue weighted by Crippen LogP contribution is -2.37. The van der Waals surface area contributed by atoms with Crippen molar-refractivity contribution >= 4 is 73.2 Å². The molecule has 2 atom stereocenters. The molecule has 1 fully saturated rings. The van der Waals surface area contributed by atoms with Crippen LogP contribution in [0.2, 0.25) is 5.02 Å². The van der Waals surface area contributed by atoms with E-state index in [1.165, 1.54) is 6.07 Å². The van der Waals surface area contributed by atoms with E-state index in [2.05, 4.69) is 49.7 Å². The summed E-state index contributed by atoms with van der Waals surface area (Å²) in [6.45, 7) is 2.41. The number of fused-ring (bicyclic) bond motifs is 1. The molecule has 176 valence electrons. The summed E-state index contributed by atoms with van der Waals surface area (Å²) in [5.74, 6) is 2.98. The lowest BCUT2D eigenvalue weighted by Gasteiger charge is -2.22. The van der Waals surface area contributed by atoms with Gasteiger partial charge in [-0.3, -0.25) is 7.91 Å². The highest BCUT2D eigenvalue weighted by molar-refractivity contribution is 14.1. The highest BCUT2D eigenvalue weighted by atomic mass is 127. The quantitative estimate of drug-likeness (QED) is 0.178. The van der Waals surface area contributed by atoms with Gasteiger partial charge in [-0.2, -0.15) is 0 Å². The van der Waals surface area contributed by atoms with Crippen molar-refractivity contribution in [1.29, 1.82) is 0 Å². The molecule has 1 saturated heterocycles. The second-order valence-corrected chi connectivity index (χ2v) is 10.0. The zero-order valence-electron chi connectivity index (χ0n) is 18.4. The molecule has 0 unspecified atom stereocenters. The van der Waals surface area contributed by atoms with Crippen molar-refractivity contribution in [2.75, 3.05) is 22.1 Å². The van der Waals surface area contributed by atoms with E-state index in [0.717, 1.165) is 28.5 Å². The smallest absolute Gasteiger partial charge is 0.298 e. The van der Waals surface area contributed by atoms with E-state index < -0.39 is 0 Å². The van der Waals surface area contributed by atoms with Gasteiger partial charge in [-0.1, -0.05) is 33.6 Å². The van der Waals surface area contributed by atoms with Crippen LogP contribution in [0.5, 0.6) is 11.5 Å².